The molecule has 0 saturated carbocycles. The fourth-order valence-corrected chi connectivity index (χ4v) is 5.45. The molecule has 1 N–H and O–H groups in total. The maximum atomic E-state index is 13.3. The zero-order valence-electron chi connectivity index (χ0n) is 18.3. The first kappa shape index (κ1) is 22.8. The standard InChI is InChI=1S/C25H26N2O5S/c1-2-12-27(33(30,31)23-9-7-19-5-3-4-6-20(19)17-23)14-15-32-22-8-10-24-21(16-22)11-13-26(24)18-25(28)29/h3-11,13,16-17H,2,12,14-15,18H2,1H3,(H,28,29). The van der Waals surface area contributed by atoms with E-state index in [1.54, 1.807) is 29.0 Å². The third-order valence-electron chi connectivity index (χ3n) is 5.49. The smallest absolute Gasteiger partial charge is 0.323 e. The molecule has 0 saturated heterocycles. The van der Waals surface area contributed by atoms with E-state index in [4.69, 9.17) is 9.84 Å². The summed E-state index contributed by atoms with van der Waals surface area (Å²) in [5.74, 6) is -0.299. The normalized spacial score (nSPS) is 11.9. The molecule has 3 aromatic carbocycles. The van der Waals surface area contributed by atoms with E-state index >= 15 is 0 Å². The van der Waals surface area contributed by atoms with Gasteiger partial charge in [0, 0.05) is 30.2 Å². The molecular formula is C25H26N2O5S. The Morgan fingerprint density at radius 3 is 2.52 bits per heavy atom. The van der Waals surface area contributed by atoms with Crippen LogP contribution in [0, 0.1) is 0 Å². The second-order valence-electron chi connectivity index (χ2n) is 7.82. The molecule has 4 aromatic rings. The summed E-state index contributed by atoms with van der Waals surface area (Å²) in [7, 11) is -3.66. The number of ether oxygens (including phenoxy) is 1. The number of carboxylic acid groups (broad SMARTS) is 1. The number of carbonyl (C=O) groups is 1. The minimum atomic E-state index is -3.66. The molecular weight excluding hydrogens is 440 g/mol. The first-order valence-electron chi connectivity index (χ1n) is 10.8. The lowest BCUT2D eigenvalue weighted by Crippen LogP contribution is -2.35. The van der Waals surface area contributed by atoms with Crippen LogP contribution in [0.1, 0.15) is 13.3 Å². The summed E-state index contributed by atoms with van der Waals surface area (Å²) in [6.07, 6.45) is 2.41. The van der Waals surface area contributed by atoms with Gasteiger partial charge in [0.05, 0.1) is 4.90 Å². The highest BCUT2D eigenvalue weighted by atomic mass is 32.2. The average molecular weight is 467 g/mol. The van der Waals surface area contributed by atoms with E-state index in [-0.39, 0.29) is 24.6 Å². The molecule has 1 aromatic heterocycles. The fourth-order valence-electron chi connectivity index (χ4n) is 3.90. The summed E-state index contributed by atoms with van der Waals surface area (Å²) in [4.78, 5) is 11.3. The van der Waals surface area contributed by atoms with Crippen LogP contribution in [-0.2, 0) is 21.4 Å². The predicted octanol–water partition coefficient (Wildman–Crippen LogP) is 4.36. The number of aromatic nitrogens is 1. The third kappa shape index (κ3) is 5.02. The average Bonchev–Trinajstić information content (AvgIpc) is 3.19. The molecule has 0 fully saturated rings. The van der Waals surface area contributed by atoms with Crippen molar-refractivity contribution in [1.82, 2.24) is 8.87 Å². The van der Waals surface area contributed by atoms with Crippen LogP contribution in [0.3, 0.4) is 0 Å². The van der Waals surface area contributed by atoms with Crippen molar-refractivity contribution < 1.29 is 23.1 Å². The van der Waals surface area contributed by atoms with E-state index in [1.807, 2.05) is 55.5 Å². The number of hydrogen-bond donors (Lipinski definition) is 1. The van der Waals surface area contributed by atoms with Crippen molar-refractivity contribution in [3.63, 3.8) is 0 Å². The van der Waals surface area contributed by atoms with Crippen LogP contribution >= 0.6 is 0 Å². The summed E-state index contributed by atoms with van der Waals surface area (Å²) in [5, 5.41) is 11.8. The summed E-state index contributed by atoms with van der Waals surface area (Å²) in [6, 6.07) is 20.1. The highest BCUT2D eigenvalue weighted by molar-refractivity contribution is 7.89. The van der Waals surface area contributed by atoms with Crippen molar-refractivity contribution >= 4 is 37.7 Å². The van der Waals surface area contributed by atoms with Gasteiger partial charge in [-0.15, -0.1) is 0 Å². The molecule has 8 heteroatoms. The van der Waals surface area contributed by atoms with Gasteiger partial charge >= 0.3 is 5.97 Å². The van der Waals surface area contributed by atoms with E-state index in [2.05, 4.69) is 0 Å². The molecule has 0 atom stereocenters. The molecule has 0 aliphatic carbocycles. The van der Waals surface area contributed by atoms with Crippen LogP contribution in [0.5, 0.6) is 5.75 Å². The number of hydrogen-bond acceptors (Lipinski definition) is 4. The number of carboxylic acids is 1. The quantitative estimate of drug-likeness (QED) is 0.375. The largest absolute Gasteiger partial charge is 0.492 e. The summed E-state index contributed by atoms with van der Waals surface area (Å²) < 4.78 is 35.5. The number of aliphatic carboxylic acids is 1. The van der Waals surface area contributed by atoms with Crippen LogP contribution in [0.25, 0.3) is 21.7 Å². The Hall–Kier alpha value is -3.36. The first-order valence-corrected chi connectivity index (χ1v) is 12.2. The van der Waals surface area contributed by atoms with Gasteiger partial charge in [0.25, 0.3) is 0 Å². The van der Waals surface area contributed by atoms with Crippen molar-refractivity contribution in [2.45, 2.75) is 24.8 Å². The van der Waals surface area contributed by atoms with Crippen molar-refractivity contribution in [2.24, 2.45) is 0 Å². The van der Waals surface area contributed by atoms with Crippen LogP contribution in [0.15, 0.2) is 77.8 Å². The van der Waals surface area contributed by atoms with Gasteiger partial charge in [0.15, 0.2) is 0 Å². The first-order chi connectivity index (χ1) is 15.9. The van der Waals surface area contributed by atoms with Crippen molar-refractivity contribution in [1.29, 1.82) is 0 Å². The number of benzene rings is 3. The van der Waals surface area contributed by atoms with Gasteiger partial charge in [0.1, 0.15) is 18.9 Å². The van der Waals surface area contributed by atoms with E-state index in [9.17, 15) is 13.2 Å². The molecule has 7 nitrogen and oxygen atoms in total. The molecule has 0 amide bonds. The maximum absolute atomic E-state index is 13.3. The molecule has 172 valence electrons. The van der Waals surface area contributed by atoms with Gasteiger partial charge < -0.3 is 14.4 Å². The Balaban J connectivity index is 1.47. The number of fused-ring (bicyclic) bond motifs is 2. The van der Waals surface area contributed by atoms with E-state index < -0.39 is 16.0 Å². The van der Waals surface area contributed by atoms with E-state index in [0.29, 0.717) is 18.7 Å². The number of rotatable bonds is 10. The number of sulfonamides is 1. The second-order valence-corrected chi connectivity index (χ2v) is 9.76. The van der Waals surface area contributed by atoms with E-state index in [1.165, 1.54) is 4.31 Å². The van der Waals surface area contributed by atoms with Crippen molar-refractivity contribution in [3.8, 4) is 5.75 Å². The Bertz CT molecular complexity index is 1390. The van der Waals surface area contributed by atoms with Crippen LogP contribution in [0.2, 0.25) is 0 Å². The molecule has 0 spiro atoms. The molecule has 0 radical (unpaired) electrons. The minimum absolute atomic E-state index is 0.109. The van der Waals surface area contributed by atoms with Gasteiger partial charge in [-0.2, -0.15) is 4.31 Å². The molecule has 0 aliphatic heterocycles. The van der Waals surface area contributed by atoms with Crippen molar-refractivity contribution in [3.05, 3.63) is 72.9 Å². The molecule has 0 aliphatic rings. The van der Waals surface area contributed by atoms with Gasteiger partial charge in [-0.25, -0.2) is 8.42 Å². The molecule has 4 rings (SSSR count). The lowest BCUT2D eigenvalue weighted by molar-refractivity contribution is -0.137. The Morgan fingerprint density at radius 2 is 1.76 bits per heavy atom. The van der Waals surface area contributed by atoms with Gasteiger partial charge in [-0.1, -0.05) is 37.3 Å². The second kappa shape index (κ2) is 9.64. The zero-order valence-corrected chi connectivity index (χ0v) is 19.2. The van der Waals surface area contributed by atoms with Gasteiger partial charge in [-0.05, 0) is 53.6 Å². The Morgan fingerprint density at radius 1 is 0.970 bits per heavy atom. The molecule has 1 heterocycles. The molecule has 0 bridgehead atoms. The van der Waals surface area contributed by atoms with E-state index in [0.717, 1.165) is 21.7 Å². The Kier molecular flexibility index (Phi) is 6.67. The Labute approximate surface area is 192 Å². The summed E-state index contributed by atoms with van der Waals surface area (Å²) in [5.41, 5.74) is 0.802. The van der Waals surface area contributed by atoms with Crippen LogP contribution in [-0.4, -0.2) is 48.1 Å². The van der Waals surface area contributed by atoms with Crippen LogP contribution < -0.4 is 4.74 Å². The molecule has 0 unspecified atom stereocenters. The highest BCUT2D eigenvalue weighted by Crippen LogP contribution is 2.24. The third-order valence-corrected chi connectivity index (χ3v) is 7.38. The zero-order chi connectivity index (χ0) is 23.4. The predicted molar refractivity (Wildman–Crippen MR) is 128 cm³/mol. The highest BCUT2D eigenvalue weighted by Gasteiger charge is 2.24. The monoisotopic (exact) mass is 466 g/mol. The van der Waals surface area contributed by atoms with Crippen molar-refractivity contribution in [2.75, 3.05) is 19.7 Å². The summed E-state index contributed by atoms with van der Waals surface area (Å²) >= 11 is 0. The molecule has 33 heavy (non-hydrogen) atoms. The SMILES string of the molecule is CCCN(CCOc1ccc2c(ccn2CC(=O)O)c1)S(=O)(=O)c1ccc2ccccc2c1. The summed E-state index contributed by atoms with van der Waals surface area (Å²) in [6.45, 7) is 2.66. The van der Waals surface area contributed by atoms with Crippen LogP contribution in [0.4, 0.5) is 0 Å². The van der Waals surface area contributed by atoms with Gasteiger partial charge in [0.2, 0.25) is 10.0 Å². The maximum Gasteiger partial charge on any atom is 0.323 e. The lowest BCUT2D eigenvalue weighted by atomic mass is 10.1. The van der Waals surface area contributed by atoms with Gasteiger partial charge in [-0.3, -0.25) is 4.79 Å². The number of nitrogens with zero attached hydrogens (tertiary/aromatic N) is 2. The minimum Gasteiger partial charge on any atom is -0.492 e. The fraction of sp³-hybridized carbons (Fsp3) is 0.240. The lowest BCUT2D eigenvalue weighted by Gasteiger charge is -2.22. The topological polar surface area (TPSA) is 88.8 Å².